The minimum absolute atomic E-state index is 0.0728. The van der Waals surface area contributed by atoms with Gasteiger partial charge in [0.1, 0.15) is 6.61 Å². The number of carbonyl (C=O) groups is 2. The predicted octanol–water partition coefficient (Wildman–Crippen LogP) is 5.21. The number of hydrogen-bond donors (Lipinski definition) is 0. The molecule has 1 aliphatic heterocycles. The number of nitrogens with zero attached hydrogens (tertiary/aromatic N) is 1. The molecule has 2 amide bonds. The average molecular weight is 372 g/mol. The Labute approximate surface area is 163 Å². The Morgan fingerprint density at radius 3 is 2.41 bits per heavy atom. The highest BCUT2D eigenvalue weighted by molar-refractivity contribution is 5.93. The van der Waals surface area contributed by atoms with E-state index < -0.39 is 6.09 Å². The Morgan fingerprint density at radius 1 is 1.11 bits per heavy atom. The standard InChI is InChI=1S/C23H33NO3/c1-23(2,3)19-12-9-17(10-13-19)11-14-21(25)24-20(16-27-22(24)26)15-18-7-5-4-6-8-18/h4-8,17,19-20H,9-16H2,1-3H3/t17-,19-,20-/m0/s1. The normalized spacial score (nSPS) is 26.1. The predicted molar refractivity (Wildman–Crippen MR) is 106 cm³/mol. The number of cyclic esters (lactones) is 1. The summed E-state index contributed by atoms with van der Waals surface area (Å²) in [6, 6.07) is 9.80. The van der Waals surface area contributed by atoms with Gasteiger partial charge in [0.25, 0.3) is 0 Å². The number of carbonyl (C=O) groups excluding carboxylic acids is 2. The molecule has 3 rings (SSSR count). The first-order chi connectivity index (χ1) is 12.8. The van der Waals surface area contributed by atoms with Crippen molar-refractivity contribution in [3.05, 3.63) is 35.9 Å². The molecule has 1 heterocycles. The Morgan fingerprint density at radius 2 is 1.78 bits per heavy atom. The summed E-state index contributed by atoms with van der Waals surface area (Å²) in [7, 11) is 0. The molecule has 2 aliphatic rings. The molecule has 0 aromatic heterocycles. The number of benzene rings is 1. The Hall–Kier alpha value is -1.84. The van der Waals surface area contributed by atoms with Crippen LogP contribution in [0.4, 0.5) is 4.79 Å². The highest BCUT2D eigenvalue weighted by atomic mass is 16.6. The van der Waals surface area contributed by atoms with Gasteiger partial charge in [0.05, 0.1) is 6.04 Å². The summed E-state index contributed by atoms with van der Waals surface area (Å²) < 4.78 is 5.18. The second-order valence-corrected chi connectivity index (χ2v) is 9.31. The van der Waals surface area contributed by atoms with Crippen LogP contribution in [0.1, 0.15) is 64.9 Å². The second-order valence-electron chi connectivity index (χ2n) is 9.31. The van der Waals surface area contributed by atoms with E-state index in [4.69, 9.17) is 4.74 Å². The number of rotatable bonds is 5. The van der Waals surface area contributed by atoms with Gasteiger partial charge in [0.2, 0.25) is 5.91 Å². The van der Waals surface area contributed by atoms with E-state index in [0.717, 1.165) is 17.9 Å². The van der Waals surface area contributed by atoms with Crippen molar-refractivity contribution in [1.29, 1.82) is 0 Å². The van der Waals surface area contributed by atoms with Crippen molar-refractivity contribution in [2.75, 3.05) is 6.61 Å². The van der Waals surface area contributed by atoms with Gasteiger partial charge in [-0.3, -0.25) is 4.79 Å². The molecular weight excluding hydrogens is 338 g/mol. The van der Waals surface area contributed by atoms with Gasteiger partial charge in [-0.25, -0.2) is 9.69 Å². The summed E-state index contributed by atoms with van der Waals surface area (Å²) in [4.78, 5) is 26.2. The fraction of sp³-hybridized carbons (Fsp3) is 0.652. The van der Waals surface area contributed by atoms with Crippen molar-refractivity contribution in [3.8, 4) is 0 Å². The molecule has 0 N–H and O–H groups in total. The third-order valence-electron chi connectivity index (χ3n) is 6.38. The molecule has 4 heteroatoms. The van der Waals surface area contributed by atoms with Gasteiger partial charge in [0, 0.05) is 6.42 Å². The monoisotopic (exact) mass is 371 g/mol. The Kier molecular flexibility index (Phi) is 6.23. The zero-order valence-electron chi connectivity index (χ0n) is 16.9. The van der Waals surface area contributed by atoms with Gasteiger partial charge in [-0.15, -0.1) is 0 Å². The van der Waals surface area contributed by atoms with Gasteiger partial charge < -0.3 is 4.74 Å². The lowest BCUT2D eigenvalue weighted by atomic mass is 9.69. The molecule has 0 spiro atoms. The molecule has 1 aromatic carbocycles. The van der Waals surface area contributed by atoms with Crippen molar-refractivity contribution in [2.45, 2.75) is 71.8 Å². The van der Waals surface area contributed by atoms with Gasteiger partial charge in [-0.1, -0.05) is 63.9 Å². The van der Waals surface area contributed by atoms with Crippen molar-refractivity contribution in [1.82, 2.24) is 4.90 Å². The van der Waals surface area contributed by atoms with Crippen molar-refractivity contribution in [2.24, 2.45) is 17.3 Å². The molecule has 0 bridgehead atoms. The molecule has 2 fully saturated rings. The Balaban J connectivity index is 1.50. The third-order valence-corrected chi connectivity index (χ3v) is 6.38. The van der Waals surface area contributed by atoms with Gasteiger partial charge in [0.15, 0.2) is 0 Å². The van der Waals surface area contributed by atoms with Crippen LogP contribution in [0.3, 0.4) is 0 Å². The summed E-state index contributed by atoms with van der Waals surface area (Å²) in [5, 5.41) is 0. The van der Waals surface area contributed by atoms with E-state index in [1.165, 1.54) is 30.6 Å². The van der Waals surface area contributed by atoms with Gasteiger partial charge in [-0.05, 0) is 48.5 Å². The first kappa shape index (κ1) is 19.9. The lowest BCUT2D eigenvalue weighted by Gasteiger charge is -2.37. The van der Waals surface area contributed by atoms with Crippen molar-refractivity contribution in [3.63, 3.8) is 0 Å². The number of hydrogen-bond acceptors (Lipinski definition) is 3. The van der Waals surface area contributed by atoms with Crippen LogP contribution in [-0.4, -0.2) is 29.5 Å². The molecule has 148 valence electrons. The molecule has 1 aromatic rings. The molecule has 0 unspecified atom stereocenters. The highest BCUT2D eigenvalue weighted by Gasteiger charge is 2.38. The number of amides is 2. The zero-order valence-corrected chi connectivity index (χ0v) is 16.9. The molecule has 1 atom stereocenters. The number of ether oxygens (including phenoxy) is 1. The maximum Gasteiger partial charge on any atom is 0.416 e. The van der Waals surface area contributed by atoms with Crippen molar-refractivity contribution < 1.29 is 14.3 Å². The maximum atomic E-state index is 12.7. The summed E-state index contributed by atoms with van der Waals surface area (Å²) in [6.07, 6.45) is 6.44. The van der Waals surface area contributed by atoms with E-state index in [9.17, 15) is 9.59 Å². The van der Waals surface area contributed by atoms with Crippen LogP contribution in [0.25, 0.3) is 0 Å². The first-order valence-corrected chi connectivity index (χ1v) is 10.4. The third kappa shape index (κ3) is 5.12. The van der Waals surface area contributed by atoms with Crippen LogP contribution < -0.4 is 0 Å². The highest BCUT2D eigenvalue weighted by Crippen LogP contribution is 2.41. The molecule has 1 saturated carbocycles. The summed E-state index contributed by atoms with van der Waals surface area (Å²) in [6.45, 7) is 7.28. The van der Waals surface area contributed by atoms with E-state index in [1.54, 1.807) is 0 Å². The van der Waals surface area contributed by atoms with Crippen molar-refractivity contribution >= 4 is 12.0 Å². The molecule has 0 radical (unpaired) electrons. The quantitative estimate of drug-likeness (QED) is 0.714. The molecular formula is C23H33NO3. The van der Waals surface area contributed by atoms with E-state index in [2.05, 4.69) is 20.8 Å². The molecule has 27 heavy (non-hydrogen) atoms. The minimum atomic E-state index is -0.475. The van der Waals surface area contributed by atoms with Crippen LogP contribution in [0, 0.1) is 17.3 Å². The maximum absolute atomic E-state index is 12.7. The first-order valence-electron chi connectivity index (χ1n) is 10.4. The van der Waals surface area contributed by atoms with Crippen LogP contribution in [-0.2, 0) is 16.0 Å². The fourth-order valence-corrected chi connectivity index (χ4v) is 4.57. The summed E-state index contributed by atoms with van der Waals surface area (Å²) >= 11 is 0. The van der Waals surface area contributed by atoms with Crippen LogP contribution in [0.2, 0.25) is 0 Å². The lowest BCUT2D eigenvalue weighted by molar-refractivity contribution is -0.129. The van der Waals surface area contributed by atoms with Crippen LogP contribution in [0.15, 0.2) is 30.3 Å². The lowest BCUT2D eigenvalue weighted by Crippen LogP contribution is -2.40. The molecule has 1 aliphatic carbocycles. The summed E-state index contributed by atoms with van der Waals surface area (Å²) in [5.41, 5.74) is 1.50. The van der Waals surface area contributed by atoms with E-state index in [-0.39, 0.29) is 11.9 Å². The van der Waals surface area contributed by atoms with Crippen LogP contribution in [0.5, 0.6) is 0 Å². The SMILES string of the molecule is CC(C)(C)[C@H]1CC[C@H](CCC(=O)N2C(=O)OC[C@@H]2Cc2ccccc2)CC1. The van der Waals surface area contributed by atoms with E-state index in [1.807, 2.05) is 30.3 Å². The molecule has 4 nitrogen and oxygen atoms in total. The average Bonchev–Trinajstić information content (AvgIpc) is 3.00. The zero-order chi connectivity index (χ0) is 19.4. The largest absolute Gasteiger partial charge is 0.447 e. The summed E-state index contributed by atoms with van der Waals surface area (Å²) in [5.74, 6) is 1.32. The van der Waals surface area contributed by atoms with E-state index in [0.29, 0.717) is 30.8 Å². The minimum Gasteiger partial charge on any atom is -0.447 e. The topological polar surface area (TPSA) is 46.6 Å². The van der Waals surface area contributed by atoms with Gasteiger partial charge >= 0.3 is 6.09 Å². The fourth-order valence-electron chi connectivity index (χ4n) is 4.57. The Bertz CT molecular complexity index is 641. The number of imide groups is 1. The molecule has 1 saturated heterocycles. The van der Waals surface area contributed by atoms with Gasteiger partial charge in [-0.2, -0.15) is 0 Å². The van der Waals surface area contributed by atoms with E-state index >= 15 is 0 Å². The second kappa shape index (κ2) is 8.45. The van der Waals surface area contributed by atoms with Crippen LogP contribution >= 0.6 is 0 Å². The smallest absolute Gasteiger partial charge is 0.416 e.